The van der Waals surface area contributed by atoms with E-state index in [1.807, 2.05) is 18.2 Å². The van der Waals surface area contributed by atoms with Gasteiger partial charge in [0.2, 0.25) is 0 Å². The third-order valence-electron chi connectivity index (χ3n) is 2.01. The summed E-state index contributed by atoms with van der Waals surface area (Å²) in [7, 11) is 0. The lowest BCUT2D eigenvalue weighted by Gasteiger charge is -2.27. The van der Waals surface area contributed by atoms with E-state index in [0.717, 1.165) is 0 Å². The molecule has 0 spiro atoms. The number of nitrogens with zero attached hydrogens (tertiary/aromatic N) is 2. The monoisotopic (exact) mass is 189 g/mol. The summed E-state index contributed by atoms with van der Waals surface area (Å²) in [5.41, 5.74) is 6.01. The Labute approximate surface area is 82.0 Å². The highest BCUT2D eigenvalue weighted by molar-refractivity contribution is 5.47. The molecule has 4 nitrogen and oxygen atoms in total. The summed E-state index contributed by atoms with van der Waals surface area (Å²) < 4.78 is 0. The van der Waals surface area contributed by atoms with Crippen LogP contribution in [0, 0.1) is 0 Å². The maximum atomic E-state index is 9.73. The SMILES string of the molecule is NC1=CC=CN(c2ccccn2)C1O. The highest BCUT2D eigenvalue weighted by Crippen LogP contribution is 2.18. The van der Waals surface area contributed by atoms with Gasteiger partial charge in [0.05, 0.1) is 5.70 Å². The van der Waals surface area contributed by atoms with E-state index >= 15 is 0 Å². The van der Waals surface area contributed by atoms with Gasteiger partial charge in [-0.05, 0) is 24.3 Å². The fraction of sp³-hybridized carbons (Fsp3) is 0.100. The molecule has 1 aliphatic rings. The van der Waals surface area contributed by atoms with Crippen molar-refractivity contribution in [3.63, 3.8) is 0 Å². The molecule has 0 aliphatic carbocycles. The van der Waals surface area contributed by atoms with Crippen LogP contribution >= 0.6 is 0 Å². The summed E-state index contributed by atoms with van der Waals surface area (Å²) in [4.78, 5) is 5.73. The molecule has 0 radical (unpaired) electrons. The van der Waals surface area contributed by atoms with Crippen molar-refractivity contribution >= 4 is 5.82 Å². The van der Waals surface area contributed by atoms with E-state index in [-0.39, 0.29) is 0 Å². The molecule has 2 rings (SSSR count). The Morgan fingerprint density at radius 2 is 2.29 bits per heavy atom. The first kappa shape index (κ1) is 8.77. The number of rotatable bonds is 1. The van der Waals surface area contributed by atoms with Crippen LogP contribution in [0.25, 0.3) is 0 Å². The quantitative estimate of drug-likeness (QED) is 0.678. The fourth-order valence-electron chi connectivity index (χ4n) is 1.28. The van der Waals surface area contributed by atoms with E-state index in [4.69, 9.17) is 5.73 Å². The zero-order valence-corrected chi connectivity index (χ0v) is 7.54. The third kappa shape index (κ3) is 1.47. The topological polar surface area (TPSA) is 62.4 Å². The number of aromatic nitrogens is 1. The number of allylic oxidation sites excluding steroid dienone is 2. The second-order valence-electron chi connectivity index (χ2n) is 2.98. The van der Waals surface area contributed by atoms with Gasteiger partial charge in [-0.1, -0.05) is 6.07 Å². The van der Waals surface area contributed by atoms with E-state index in [1.165, 1.54) is 0 Å². The Kier molecular flexibility index (Phi) is 2.20. The lowest BCUT2D eigenvalue weighted by molar-refractivity contribution is 0.211. The normalized spacial score (nSPS) is 20.8. The van der Waals surface area contributed by atoms with Crippen LogP contribution in [-0.4, -0.2) is 16.3 Å². The van der Waals surface area contributed by atoms with Gasteiger partial charge in [-0.15, -0.1) is 0 Å². The van der Waals surface area contributed by atoms with Gasteiger partial charge in [0.25, 0.3) is 0 Å². The fourth-order valence-corrected chi connectivity index (χ4v) is 1.28. The van der Waals surface area contributed by atoms with Crippen LogP contribution < -0.4 is 10.6 Å². The van der Waals surface area contributed by atoms with Gasteiger partial charge in [0.15, 0.2) is 6.23 Å². The minimum absolute atomic E-state index is 0.415. The van der Waals surface area contributed by atoms with Crippen molar-refractivity contribution in [2.45, 2.75) is 6.23 Å². The Hall–Kier alpha value is -1.81. The molecule has 0 saturated carbocycles. The number of anilines is 1. The highest BCUT2D eigenvalue weighted by Gasteiger charge is 2.18. The molecule has 0 fully saturated rings. The number of hydrogen-bond donors (Lipinski definition) is 2. The summed E-state index contributed by atoms with van der Waals surface area (Å²) in [6, 6.07) is 5.49. The molecule has 0 aromatic carbocycles. The number of nitrogens with two attached hydrogens (primary N) is 1. The van der Waals surface area contributed by atoms with Crippen molar-refractivity contribution in [1.29, 1.82) is 0 Å². The van der Waals surface area contributed by atoms with E-state index < -0.39 is 6.23 Å². The van der Waals surface area contributed by atoms with Crippen molar-refractivity contribution < 1.29 is 5.11 Å². The molecule has 0 bridgehead atoms. The third-order valence-corrected chi connectivity index (χ3v) is 2.01. The predicted octanol–water partition coefficient (Wildman–Crippen LogP) is 0.576. The lowest BCUT2D eigenvalue weighted by Crippen LogP contribution is -2.37. The van der Waals surface area contributed by atoms with Crippen molar-refractivity contribution in [3.05, 3.63) is 48.4 Å². The lowest BCUT2D eigenvalue weighted by atomic mass is 10.2. The van der Waals surface area contributed by atoms with Gasteiger partial charge in [0, 0.05) is 12.4 Å². The van der Waals surface area contributed by atoms with Crippen molar-refractivity contribution in [2.24, 2.45) is 5.73 Å². The zero-order chi connectivity index (χ0) is 9.97. The smallest absolute Gasteiger partial charge is 0.172 e. The van der Waals surface area contributed by atoms with Gasteiger partial charge < -0.3 is 15.7 Å². The molecule has 4 heteroatoms. The molecule has 72 valence electrons. The molecule has 1 atom stereocenters. The molecule has 2 heterocycles. The number of pyridine rings is 1. The van der Waals surface area contributed by atoms with E-state index in [9.17, 15) is 5.11 Å². The maximum absolute atomic E-state index is 9.73. The Bertz CT molecular complexity index is 372. The molecular formula is C10H11N3O. The van der Waals surface area contributed by atoms with Crippen LogP contribution in [0.4, 0.5) is 5.82 Å². The van der Waals surface area contributed by atoms with Crippen LogP contribution in [0.5, 0.6) is 0 Å². The largest absolute Gasteiger partial charge is 0.398 e. The summed E-state index contributed by atoms with van der Waals surface area (Å²) in [6.07, 6.45) is 6.03. The van der Waals surface area contributed by atoms with Crippen molar-refractivity contribution in [2.75, 3.05) is 4.90 Å². The number of aliphatic hydroxyl groups excluding tert-OH is 1. The summed E-state index contributed by atoms with van der Waals surface area (Å²) >= 11 is 0. The molecule has 14 heavy (non-hydrogen) atoms. The molecule has 1 aromatic heterocycles. The van der Waals surface area contributed by atoms with Gasteiger partial charge in [0.1, 0.15) is 5.82 Å². The van der Waals surface area contributed by atoms with Crippen LogP contribution in [-0.2, 0) is 0 Å². The van der Waals surface area contributed by atoms with Gasteiger partial charge in [-0.25, -0.2) is 4.98 Å². The van der Waals surface area contributed by atoms with Gasteiger partial charge >= 0.3 is 0 Å². The summed E-state index contributed by atoms with van der Waals surface area (Å²) in [5, 5.41) is 9.73. The van der Waals surface area contributed by atoms with E-state index in [2.05, 4.69) is 4.98 Å². The Morgan fingerprint density at radius 3 is 3.00 bits per heavy atom. The highest BCUT2D eigenvalue weighted by atomic mass is 16.3. The molecule has 1 aromatic rings. The van der Waals surface area contributed by atoms with Gasteiger partial charge in [-0.3, -0.25) is 0 Å². The minimum atomic E-state index is -0.824. The number of aliphatic hydroxyl groups is 1. The van der Waals surface area contributed by atoms with Crippen molar-refractivity contribution in [3.8, 4) is 0 Å². The average molecular weight is 189 g/mol. The molecule has 0 amide bonds. The zero-order valence-electron chi connectivity index (χ0n) is 7.54. The molecule has 1 aliphatic heterocycles. The summed E-state index contributed by atoms with van der Waals surface area (Å²) in [5.74, 6) is 0.673. The Morgan fingerprint density at radius 1 is 1.43 bits per heavy atom. The average Bonchev–Trinajstić information content (AvgIpc) is 2.23. The maximum Gasteiger partial charge on any atom is 0.172 e. The molecule has 1 unspecified atom stereocenters. The van der Waals surface area contributed by atoms with Crippen LogP contribution in [0.1, 0.15) is 0 Å². The Balaban J connectivity index is 2.29. The predicted molar refractivity (Wildman–Crippen MR) is 54.1 cm³/mol. The van der Waals surface area contributed by atoms with E-state index in [1.54, 1.807) is 29.4 Å². The van der Waals surface area contributed by atoms with Crippen LogP contribution in [0.15, 0.2) is 48.4 Å². The summed E-state index contributed by atoms with van der Waals surface area (Å²) in [6.45, 7) is 0. The second kappa shape index (κ2) is 3.51. The van der Waals surface area contributed by atoms with Crippen LogP contribution in [0.3, 0.4) is 0 Å². The number of hydrogen-bond acceptors (Lipinski definition) is 4. The minimum Gasteiger partial charge on any atom is -0.398 e. The standard InChI is InChI=1S/C10H11N3O/c11-8-4-3-7-13(10(8)14)9-5-1-2-6-12-9/h1-7,10,14H,11H2. The van der Waals surface area contributed by atoms with Gasteiger partial charge in [-0.2, -0.15) is 0 Å². The van der Waals surface area contributed by atoms with Crippen molar-refractivity contribution in [1.82, 2.24) is 4.98 Å². The molecule has 3 N–H and O–H groups in total. The first-order valence-electron chi connectivity index (χ1n) is 4.30. The molecular weight excluding hydrogens is 178 g/mol. The first-order valence-corrected chi connectivity index (χ1v) is 4.30. The second-order valence-corrected chi connectivity index (χ2v) is 2.98. The molecule has 0 saturated heterocycles. The van der Waals surface area contributed by atoms with E-state index in [0.29, 0.717) is 11.5 Å². The van der Waals surface area contributed by atoms with Crippen LogP contribution in [0.2, 0.25) is 0 Å². The first-order chi connectivity index (χ1) is 6.79.